The topological polar surface area (TPSA) is 81.6 Å². The summed E-state index contributed by atoms with van der Waals surface area (Å²) in [5, 5.41) is 13.8. The van der Waals surface area contributed by atoms with Crippen LogP contribution in [0.15, 0.2) is 29.3 Å². The average molecular weight is 273 g/mol. The Morgan fingerprint density at radius 1 is 1.40 bits per heavy atom. The van der Waals surface area contributed by atoms with E-state index in [0.717, 1.165) is 0 Å². The molecule has 0 aliphatic carbocycles. The van der Waals surface area contributed by atoms with Crippen molar-refractivity contribution in [1.29, 1.82) is 0 Å². The Labute approximate surface area is 117 Å². The number of aromatic carboxylic acids is 1. The van der Waals surface area contributed by atoms with Crippen LogP contribution >= 0.6 is 0 Å². The minimum Gasteiger partial charge on any atom is -0.545 e. The molecule has 1 amide bonds. The molecule has 1 aromatic rings. The first-order valence-electron chi connectivity index (χ1n) is 6.54. The van der Waals surface area contributed by atoms with Crippen LogP contribution in [0.25, 0.3) is 0 Å². The van der Waals surface area contributed by atoms with Crippen LogP contribution in [-0.2, 0) is 11.2 Å². The molecule has 0 saturated carbocycles. The third-order valence-corrected chi connectivity index (χ3v) is 3.80. The van der Waals surface area contributed by atoms with Gasteiger partial charge in [0.1, 0.15) is 11.4 Å². The van der Waals surface area contributed by atoms with E-state index in [-0.39, 0.29) is 23.8 Å². The van der Waals surface area contributed by atoms with Gasteiger partial charge in [-0.15, -0.1) is 0 Å². The van der Waals surface area contributed by atoms with Crippen LogP contribution in [0.1, 0.15) is 36.7 Å². The normalized spacial score (nSPS) is 21.8. The maximum atomic E-state index is 12.0. The highest BCUT2D eigenvalue weighted by Crippen LogP contribution is 2.26. The van der Waals surface area contributed by atoms with Gasteiger partial charge in [-0.05, 0) is 18.4 Å². The number of amides is 1. The minimum absolute atomic E-state index is 0.0661. The number of carbonyl (C=O) groups is 2. The van der Waals surface area contributed by atoms with Crippen LogP contribution in [0, 0.1) is 5.92 Å². The fraction of sp³-hybridized carbons (Fsp3) is 0.400. The lowest BCUT2D eigenvalue weighted by Crippen LogP contribution is -2.41. The predicted octanol–water partition coefficient (Wildman–Crippen LogP) is 0.536. The summed E-state index contributed by atoms with van der Waals surface area (Å²) in [6.45, 7) is 5.65. The number of nitrogens with one attached hydrogen (secondary N) is 1. The molecule has 1 unspecified atom stereocenters. The highest BCUT2D eigenvalue weighted by atomic mass is 16.4. The molecule has 1 aliphatic heterocycles. The van der Waals surface area contributed by atoms with E-state index in [2.05, 4.69) is 10.3 Å². The SMILES string of the molecule is CC(C)C1(C)N=C(Cc2ccccc2C(=O)[O-])NC1=O. The number of carboxylic acid groups (broad SMARTS) is 1. The summed E-state index contributed by atoms with van der Waals surface area (Å²) < 4.78 is 0. The molecule has 0 saturated heterocycles. The van der Waals surface area contributed by atoms with Crippen molar-refractivity contribution >= 4 is 17.7 Å². The molecule has 0 radical (unpaired) electrons. The van der Waals surface area contributed by atoms with Crippen molar-refractivity contribution in [1.82, 2.24) is 5.32 Å². The fourth-order valence-electron chi connectivity index (χ4n) is 2.15. The number of benzene rings is 1. The van der Waals surface area contributed by atoms with Crippen molar-refractivity contribution in [2.45, 2.75) is 32.7 Å². The number of amidine groups is 1. The smallest absolute Gasteiger partial charge is 0.253 e. The number of carbonyl (C=O) groups excluding carboxylic acids is 2. The lowest BCUT2D eigenvalue weighted by Gasteiger charge is -2.21. The number of carboxylic acids is 1. The van der Waals surface area contributed by atoms with Gasteiger partial charge >= 0.3 is 0 Å². The van der Waals surface area contributed by atoms with Crippen molar-refractivity contribution in [2.75, 3.05) is 0 Å². The molecule has 2 rings (SSSR count). The highest BCUT2D eigenvalue weighted by Gasteiger charge is 2.41. The molecule has 0 aromatic heterocycles. The second-order valence-corrected chi connectivity index (χ2v) is 5.44. The predicted molar refractivity (Wildman–Crippen MR) is 73.3 cm³/mol. The van der Waals surface area contributed by atoms with E-state index in [4.69, 9.17) is 0 Å². The molecule has 0 spiro atoms. The van der Waals surface area contributed by atoms with Gasteiger partial charge in [-0.2, -0.15) is 0 Å². The van der Waals surface area contributed by atoms with Gasteiger partial charge in [0, 0.05) is 12.0 Å². The summed E-state index contributed by atoms with van der Waals surface area (Å²) in [7, 11) is 0. The molecular formula is C15H17N2O3-. The molecule has 0 bridgehead atoms. The summed E-state index contributed by atoms with van der Waals surface area (Å²) in [6, 6.07) is 6.58. The molecule has 106 valence electrons. The van der Waals surface area contributed by atoms with Crippen molar-refractivity contribution in [3.05, 3.63) is 35.4 Å². The Balaban J connectivity index is 2.29. The minimum atomic E-state index is -1.22. The third-order valence-electron chi connectivity index (χ3n) is 3.80. The monoisotopic (exact) mass is 273 g/mol. The second kappa shape index (κ2) is 5.07. The molecule has 20 heavy (non-hydrogen) atoms. The average Bonchev–Trinajstić information content (AvgIpc) is 2.66. The summed E-state index contributed by atoms with van der Waals surface area (Å²) in [5.41, 5.74) is -0.0756. The van der Waals surface area contributed by atoms with Crippen molar-refractivity contribution in [3.8, 4) is 0 Å². The summed E-state index contributed by atoms with van der Waals surface area (Å²) >= 11 is 0. The van der Waals surface area contributed by atoms with Gasteiger partial charge in [-0.25, -0.2) is 0 Å². The first kappa shape index (κ1) is 14.2. The molecule has 5 heteroatoms. The first-order valence-corrected chi connectivity index (χ1v) is 6.54. The zero-order chi connectivity index (χ0) is 14.9. The first-order chi connectivity index (χ1) is 9.34. The third kappa shape index (κ3) is 2.43. The second-order valence-electron chi connectivity index (χ2n) is 5.44. The van der Waals surface area contributed by atoms with Gasteiger partial charge < -0.3 is 15.2 Å². The van der Waals surface area contributed by atoms with Crippen LogP contribution in [-0.4, -0.2) is 23.3 Å². The van der Waals surface area contributed by atoms with E-state index in [0.29, 0.717) is 11.4 Å². The molecule has 1 aromatic carbocycles. The van der Waals surface area contributed by atoms with E-state index in [1.54, 1.807) is 25.1 Å². The van der Waals surface area contributed by atoms with Crippen LogP contribution in [0.5, 0.6) is 0 Å². The number of hydrogen-bond acceptors (Lipinski definition) is 4. The molecule has 1 N–H and O–H groups in total. The van der Waals surface area contributed by atoms with E-state index in [1.807, 2.05) is 13.8 Å². The lowest BCUT2D eigenvalue weighted by atomic mass is 9.89. The van der Waals surface area contributed by atoms with Gasteiger partial charge in [-0.1, -0.05) is 38.1 Å². The molecule has 1 heterocycles. The van der Waals surface area contributed by atoms with E-state index < -0.39 is 11.5 Å². The zero-order valence-corrected chi connectivity index (χ0v) is 11.8. The number of rotatable bonds is 4. The van der Waals surface area contributed by atoms with Gasteiger partial charge in [0.25, 0.3) is 5.91 Å². The molecular weight excluding hydrogens is 256 g/mol. The largest absolute Gasteiger partial charge is 0.545 e. The Hall–Kier alpha value is -2.17. The summed E-state index contributed by atoms with van der Waals surface area (Å²) in [4.78, 5) is 27.5. The van der Waals surface area contributed by atoms with Crippen LogP contribution in [0.3, 0.4) is 0 Å². The summed E-state index contributed by atoms with van der Waals surface area (Å²) in [6.07, 6.45) is 0.276. The van der Waals surface area contributed by atoms with Crippen molar-refractivity contribution in [2.24, 2.45) is 10.9 Å². The van der Waals surface area contributed by atoms with Crippen LogP contribution in [0.4, 0.5) is 0 Å². The number of nitrogens with zero attached hydrogens (tertiary/aromatic N) is 1. The molecule has 1 atom stereocenters. The maximum absolute atomic E-state index is 12.0. The maximum Gasteiger partial charge on any atom is 0.253 e. The highest BCUT2D eigenvalue weighted by molar-refractivity contribution is 6.09. The van der Waals surface area contributed by atoms with Crippen LogP contribution in [0.2, 0.25) is 0 Å². The standard InChI is InChI=1S/C15H18N2O3/c1-9(2)15(3)14(20)16-12(17-15)8-10-6-4-5-7-11(10)13(18)19/h4-7,9H,8H2,1-3H3,(H,18,19)(H,16,17,20)/p-1. The fourth-order valence-corrected chi connectivity index (χ4v) is 2.15. The van der Waals surface area contributed by atoms with E-state index in [9.17, 15) is 14.7 Å². The molecule has 1 aliphatic rings. The quantitative estimate of drug-likeness (QED) is 0.869. The summed E-state index contributed by atoms with van der Waals surface area (Å²) in [5.74, 6) is -0.804. The number of aliphatic imine (C=N–C) groups is 1. The van der Waals surface area contributed by atoms with Gasteiger partial charge in [0.2, 0.25) is 0 Å². The van der Waals surface area contributed by atoms with Crippen LogP contribution < -0.4 is 10.4 Å². The zero-order valence-electron chi connectivity index (χ0n) is 11.8. The van der Waals surface area contributed by atoms with Crippen molar-refractivity contribution in [3.63, 3.8) is 0 Å². The van der Waals surface area contributed by atoms with E-state index >= 15 is 0 Å². The number of hydrogen-bond donors (Lipinski definition) is 1. The van der Waals surface area contributed by atoms with E-state index in [1.165, 1.54) is 6.07 Å². The Bertz CT molecular complexity index is 593. The lowest BCUT2D eigenvalue weighted by molar-refractivity contribution is -0.255. The Morgan fingerprint density at radius 3 is 2.60 bits per heavy atom. The van der Waals surface area contributed by atoms with Gasteiger partial charge in [0.05, 0.1) is 5.97 Å². The Morgan fingerprint density at radius 2 is 2.05 bits per heavy atom. The Kier molecular flexibility index (Phi) is 3.61. The molecule has 0 fully saturated rings. The van der Waals surface area contributed by atoms with Gasteiger partial charge in [-0.3, -0.25) is 9.79 Å². The molecule has 5 nitrogen and oxygen atoms in total. The van der Waals surface area contributed by atoms with Gasteiger partial charge in [0.15, 0.2) is 0 Å². The van der Waals surface area contributed by atoms with Crippen molar-refractivity contribution < 1.29 is 14.7 Å².